The lowest BCUT2D eigenvalue weighted by molar-refractivity contribution is 0.665. The van der Waals surface area contributed by atoms with Gasteiger partial charge in [-0.15, -0.1) is 0 Å². The third kappa shape index (κ3) is 2.90. The van der Waals surface area contributed by atoms with Gasteiger partial charge in [0.2, 0.25) is 0 Å². The molecule has 0 unspecified atom stereocenters. The molecule has 2 aromatic rings. The second kappa shape index (κ2) is 5.63. The molecule has 0 aliphatic carbocycles. The summed E-state index contributed by atoms with van der Waals surface area (Å²) in [5.41, 5.74) is -0.0131. The van der Waals surface area contributed by atoms with Crippen LogP contribution in [0.4, 0.5) is 0 Å². The van der Waals surface area contributed by atoms with E-state index in [1.165, 1.54) is 29.4 Å². The van der Waals surface area contributed by atoms with Crippen molar-refractivity contribution in [2.75, 3.05) is 0 Å². The summed E-state index contributed by atoms with van der Waals surface area (Å²) in [5.74, 6) is 0.457. The van der Waals surface area contributed by atoms with E-state index in [9.17, 15) is 9.59 Å². The van der Waals surface area contributed by atoms with Gasteiger partial charge in [0.05, 0.1) is 5.02 Å². The lowest BCUT2D eigenvalue weighted by Gasteiger charge is -2.09. The predicted molar refractivity (Wildman–Crippen MR) is 75.7 cm³/mol. The Hall–Kier alpha value is -1.53. The minimum absolute atomic E-state index is 0.314. The number of nitrogens with zero attached hydrogens (tertiary/aromatic N) is 3. The quantitative estimate of drug-likeness (QED) is 0.804. The lowest BCUT2D eigenvalue weighted by atomic mass is 10.4. The zero-order valence-electron chi connectivity index (χ0n) is 10.5. The van der Waals surface area contributed by atoms with E-state index >= 15 is 0 Å². The van der Waals surface area contributed by atoms with E-state index in [2.05, 4.69) is 4.98 Å². The molecule has 0 atom stereocenters. The number of thioether (sulfide) groups is 1. The van der Waals surface area contributed by atoms with Crippen molar-refractivity contribution in [3.8, 4) is 0 Å². The monoisotopic (exact) mass is 297 g/mol. The highest BCUT2D eigenvalue weighted by Crippen LogP contribution is 2.26. The van der Waals surface area contributed by atoms with Crippen molar-refractivity contribution in [2.24, 2.45) is 14.1 Å². The maximum absolute atomic E-state index is 11.8. The van der Waals surface area contributed by atoms with Crippen LogP contribution in [0.15, 0.2) is 39.0 Å². The summed E-state index contributed by atoms with van der Waals surface area (Å²) in [6.45, 7) is 0. The third-order valence-electron chi connectivity index (χ3n) is 2.71. The van der Waals surface area contributed by atoms with Crippen molar-refractivity contribution in [3.63, 3.8) is 0 Å². The Labute approximate surface area is 118 Å². The van der Waals surface area contributed by atoms with Gasteiger partial charge in [-0.2, -0.15) is 0 Å². The molecule has 2 heterocycles. The van der Waals surface area contributed by atoms with Crippen molar-refractivity contribution >= 4 is 23.4 Å². The van der Waals surface area contributed by atoms with Gasteiger partial charge in [-0.05, 0) is 12.1 Å². The molecule has 0 aliphatic heterocycles. The molecule has 0 aromatic carbocycles. The van der Waals surface area contributed by atoms with Gasteiger partial charge in [0.1, 0.15) is 5.03 Å². The lowest BCUT2D eigenvalue weighted by Crippen LogP contribution is -2.37. The summed E-state index contributed by atoms with van der Waals surface area (Å²) in [5, 5.41) is 1.23. The second-order valence-electron chi connectivity index (χ2n) is 3.95. The number of halogens is 1. The summed E-state index contributed by atoms with van der Waals surface area (Å²) in [4.78, 5) is 27.5. The number of hydrogen-bond donors (Lipinski definition) is 0. The molecule has 0 saturated heterocycles. The Morgan fingerprint density at radius 2 is 2.05 bits per heavy atom. The van der Waals surface area contributed by atoms with Crippen LogP contribution >= 0.6 is 23.4 Å². The van der Waals surface area contributed by atoms with Gasteiger partial charge in [0.25, 0.3) is 5.56 Å². The maximum atomic E-state index is 11.8. The van der Waals surface area contributed by atoms with Crippen molar-refractivity contribution in [2.45, 2.75) is 10.8 Å². The van der Waals surface area contributed by atoms with Crippen molar-refractivity contribution < 1.29 is 0 Å². The topological polar surface area (TPSA) is 56.9 Å². The number of hydrogen-bond acceptors (Lipinski definition) is 4. The highest BCUT2D eigenvalue weighted by Gasteiger charge is 2.08. The molecule has 0 fully saturated rings. The van der Waals surface area contributed by atoms with E-state index < -0.39 is 0 Å². The largest absolute Gasteiger partial charge is 0.330 e. The van der Waals surface area contributed by atoms with E-state index in [4.69, 9.17) is 11.6 Å². The highest BCUT2D eigenvalue weighted by atomic mass is 35.5. The van der Waals surface area contributed by atoms with Gasteiger partial charge in [-0.3, -0.25) is 13.9 Å². The zero-order valence-corrected chi connectivity index (χ0v) is 12.0. The van der Waals surface area contributed by atoms with Crippen LogP contribution < -0.4 is 11.2 Å². The normalized spacial score (nSPS) is 10.7. The van der Waals surface area contributed by atoms with Crippen LogP contribution in [0.1, 0.15) is 5.69 Å². The summed E-state index contributed by atoms with van der Waals surface area (Å²) in [7, 11) is 3.09. The minimum Gasteiger partial charge on any atom is -0.300 e. The molecular formula is C12H12ClN3O2S. The van der Waals surface area contributed by atoms with Crippen LogP contribution in [0.5, 0.6) is 0 Å². The van der Waals surface area contributed by atoms with Gasteiger partial charge in [-0.25, -0.2) is 9.78 Å². The average Bonchev–Trinajstić information content (AvgIpc) is 2.40. The summed E-state index contributed by atoms with van der Waals surface area (Å²) < 4.78 is 2.52. The molecule has 0 bridgehead atoms. The molecule has 0 spiro atoms. The van der Waals surface area contributed by atoms with E-state index in [0.29, 0.717) is 21.5 Å². The van der Waals surface area contributed by atoms with Gasteiger partial charge in [0, 0.05) is 37.8 Å². The highest BCUT2D eigenvalue weighted by molar-refractivity contribution is 7.98. The number of aromatic nitrogens is 3. The molecule has 5 nitrogen and oxygen atoms in total. The second-order valence-corrected chi connectivity index (χ2v) is 5.32. The Morgan fingerprint density at radius 1 is 1.32 bits per heavy atom. The van der Waals surface area contributed by atoms with Crippen LogP contribution in [-0.4, -0.2) is 14.1 Å². The van der Waals surface area contributed by atoms with Crippen LogP contribution in [0, 0.1) is 0 Å². The predicted octanol–water partition coefficient (Wildman–Crippen LogP) is 1.42. The van der Waals surface area contributed by atoms with E-state index in [1.807, 2.05) is 0 Å². The Bertz CT molecular complexity index is 724. The van der Waals surface area contributed by atoms with Gasteiger partial charge < -0.3 is 0 Å². The summed E-state index contributed by atoms with van der Waals surface area (Å²) in [6.07, 6.45) is 1.65. The Balaban J connectivity index is 2.29. The van der Waals surface area contributed by atoms with E-state index in [-0.39, 0.29) is 11.2 Å². The molecule has 0 aliphatic rings. The van der Waals surface area contributed by atoms with E-state index in [1.54, 1.807) is 25.4 Å². The fourth-order valence-electron chi connectivity index (χ4n) is 1.54. The number of rotatable bonds is 3. The molecular weight excluding hydrogens is 286 g/mol. The first kappa shape index (κ1) is 13.9. The molecule has 7 heteroatoms. The fourth-order valence-corrected chi connectivity index (χ4v) is 2.72. The average molecular weight is 298 g/mol. The first-order valence-electron chi connectivity index (χ1n) is 5.50. The number of pyridine rings is 1. The van der Waals surface area contributed by atoms with Gasteiger partial charge >= 0.3 is 5.69 Å². The zero-order chi connectivity index (χ0) is 14.0. The van der Waals surface area contributed by atoms with Crippen molar-refractivity contribution in [1.82, 2.24) is 14.1 Å². The molecule has 0 saturated carbocycles. The molecule has 19 heavy (non-hydrogen) atoms. The third-order valence-corrected chi connectivity index (χ3v) is 4.16. The molecule has 0 radical (unpaired) electrons. The minimum atomic E-state index is -0.338. The van der Waals surface area contributed by atoms with Crippen LogP contribution in [0.2, 0.25) is 5.02 Å². The van der Waals surface area contributed by atoms with Crippen LogP contribution in [0.3, 0.4) is 0 Å². The van der Waals surface area contributed by atoms with Crippen molar-refractivity contribution in [1.29, 1.82) is 0 Å². The van der Waals surface area contributed by atoms with Gasteiger partial charge in [0.15, 0.2) is 0 Å². The fraction of sp³-hybridized carbons (Fsp3) is 0.250. The first-order valence-corrected chi connectivity index (χ1v) is 6.86. The summed E-state index contributed by atoms with van der Waals surface area (Å²) in [6, 6.07) is 4.95. The molecule has 2 rings (SSSR count). The SMILES string of the molecule is Cn1c(CSc2ncccc2Cl)cc(=O)n(C)c1=O. The smallest absolute Gasteiger partial charge is 0.300 e. The maximum Gasteiger partial charge on any atom is 0.330 e. The first-order chi connectivity index (χ1) is 9.00. The van der Waals surface area contributed by atoms with Crippen LogP contribution in [-0.2, 0) is 19.8 Å². The standard InChI is InChI=1S/C12H12ClN3O2S/c1-15-8(6-10(17)16(2)12(15)18)7-19-11-9(13)4-3-5-14-11/h3-6H,7H2,1-2H3. The van der Waals surface area contributed by atoms with Crippen LogP contribution in [0.25, 0.3) is 0 Å². The summed E-state index contributed by atoms with van der Waals surface area (Å²) >= 11 is 7.39. The molecule has 0 amide bonds. The Morgan fingerprint density at radius 3 is 2.74 bits per heavy atom. The molecule has 2 aromatic heterocycles. The van der Waals surface area contributed by atoms with Crippen molar-refractivity contribution in [3.05, 3.63) is 56.0 Å². The van der Waals surface area contributed by atoms with E-state index in [0.717, 1.165) is 4.57 Å². The van der Waals surface area contributed by atoms with Gasteiger partial charge in [-0.1, -0.05) is 23.4 Å². The molecule has 100 valence electrons. The Kier molecular flexibility index (Phi) is 4.11. The molecule has 0 N–H and O–H groups in total.